The Hall–Kier alpha value is -1.72. The minimum atomic E-state index is -0.121. The van der Waals surface area contributed by atoms with Gasteiger partial charge in [-0.2, -0.15) is 0 Å². The molecule has 0 spiro atoms. The fourth-order valence-corrected chi connectivity index (χ4v) is 2.88. The van der Waals surface area contributed by atoms with Gasteiger partial charge in [0.15, 0.2) is 0 Å². The van der Waals surface area contributed by atoms with Gasteiger partial charge >= 0.3 is 0 Å². The summed E-state index contributed by atoms with van der Waals surface area (Å²) < 4.78 is 5.25. The van der Waals surface area contributed by atoms with E-state index in [1.54, 1.807) is 28.4 Å². The molecule has 0 unspecified atom stereocenters. The van der Waals surface area contributed by atoms with Crippen molar-refractivity contribution in [2.45, 2.75) is 13.5 Å². The van der Waals surface area contributed by atoms with Crippen molar-refractivity contribution in [3.63, 3.8) is 0 Å². The van der Waals surface area contributed by atoms with Crippen LogP contribution in [0.5, 0.6) is 5.75 Å². The van der Waals surface area contributed by atoms with Gasteiger partial charge in [-0.3, -0.25) is 4.79 Å². The Balaban J connectivity index is 2.31. The van der Waals surface area contributed by atoms with E-state index in [1.807, 2.05) is 24.4 Å². The monoisotopic (exact) mass is 324 g/mol. The average molecular weight is 325 g/mol. The number of benzene rings is 1. The maximum atomic E-state index is 12.7. The molecule has 4 nitrogen and oxygen atoms in total. The number of hydrogen-bond acceptors (Lipinski definition) is 4. The maximum Gasteiger partial charge on any atom is 0.257 e. The normalized spacial score (nSPS) is 10.4. The first kappa shape index (κ1) is 15.7. The largest absolute Gasteiger partial charge is 0.496 e. The van der Waals surface area contributed by atoms with Crippen molar-refractivity contribution in [2.75, 3.05) is 19.4 Å². The molecule has 21 heavy (non-hydrogen) atoms. The number of ether oxygens (including phenoxy) is 1. The lowest BCUT2D eigenvalue weighted by Gasteiger charge is -2.21. The molecule has 1 aromatic heterocycles. The molecule has 0 aliphatic heterocycles. The number of amides is 1. The summed E-state index contributed by atoms with van der Waals surface area (Å²) in [6, 6.07) is 7.12. The summed E-state index contributed by atoms with van der Waals surface area (Å²) in [5.74, 6) is 0.316. The smallest absolute Gasteiger partial charge is 0.257 e. The first-order valence-electron chi connectivity index (χ1n) is 6.51. The highest BCUT2D eigenvalue weighted by Gasteiger charge is 2.20. The van der Waals surface area contributed by atoms with Crippen LogP contribution in [0.4, 0.5) is 5.69 Å². The van der Waals surface area contributed by atoms with E-state index >= 15 is 0 Å². The van der Waals surface area contributed by atoms with E-state index in [0.29, 0.717) is 35.1 Å². The Morgan fingerprint density at radius 1 is 1.48 bits per heavy atom. The standard InChI is InChI=1S/C15H17ClN2O2S/c1-3-18(9-10-5-4-6-21-10)15(19)11-7-12(16)13(17)8-14(11)20-2/h4-8H,3,9,17H2,1-2H3. The summed E-state index contributed by atoms with van der Waals surface area (Å²) >= 11 is 7.65. The molecule has 0 saturated heterocycles. The third-order valence-corrected chi connectivity index (χ3v) is 4.33. The zero-order valence-electron chi connectivity index (χ0n) is 11.9. The number of rotatable bonds is 5. The molecule has 0 bridgehead atoms. The van der Waals surface area contributed by atoms with E-state index in [0.717, 1.165) is 4.88 Å². The summed E-state index contributed by atoms with van der Waals surface area (Å²) in [7, 11) is 1.51. The molecule has 0 atom stereocenters. The van der Waals surface area contributed by atoms with Crippen molar-refractivity contribution in [1.29, 1.82) is 0 Å². The number of halogens is 1. The predicted octanol–water partition coefficient (Wildman–Crippen LogP) is 3.65. The number of anilines is 1. The number of methoxy groups -OCH3 is 1. The van der Waals surface area contributed by atoms with Crippen LogP contribution in [-0.2, 0) is 6.54 Å². The van der Waals surface area contributed by atoms with Crippen LogP contribution in [0, 0.1) is 0 Å². The molecule has 0 aliphatic rings. The van der Waals surface area contributed by atoms with Crippen LogP contribution in [-0.4, -0.2) is 24.5 Å². The van der Waals surface area contributed by atoms with Gasteiger partial charge in [-0.05, 0) is 24.4 Å². The molecule has 1 heterocycles. The van der Waals surface area contributed by atoms with E-state index < -0.39 is 0 Å². The molecule has 0 aliphatic carbocycles. The van der Waals surface area contributed by atoms with Crippen LogP contribution < -0.4 is 10.5 Å². The Bertz CT molecular complexity index is 629. The van der Waals surface area contributed by atoms with Crippen molar-refractivity contribution in [1.82, 2.24) is 4.90 Å². The van der Waals surface area contributed by atoms with Gasteiger partial charge in [0, 0.05) is 17.5 Å². The van der Waals surface area contributed by atoms with Gasteiger partial charge in [-0.15, -0.1) is 11.3 Å². The molecule has 0 saturated carbocycles. The van der Waals surface area contributed by atoms with Gasteiger partial charge in [-0.25, -0.2) is 0 Å². The molecule has 2 N–H and O–H groups in total. The number of nitrogens with two attached hydrogens (primary N) is 1. The number of carbonyl (C=O) groups excluding carboxylic acids is 1. The zero-order valence-corrected chi connectivity index (χ0v) is 13.5. The van der Waals surface area contributed by atoms with E-state index in [9.17, 15) is 4.79 Å². The molecule has 112 valence electrons. The lowest BCUT2D eigenvalue weighted by molar-refractivity contribution is 0.0751. The minimum absolute atomic E-state index is 0.121. The summed E-state index contributed by atoms with van der Waals surface area (Å²) in [6.45, 7) is 3.11. The second-order valence-corrected chi connectivity index (χ2v) is 5.91. The number of hydrogen-bond donors (Lipinski definition) is 1. The maximum absolute atomic E-state index is 12.7. The molecular weight excluding hydrogens is 308 g/mol. The molecule has 2 rings (SSSR count). The fraction of sp³-hybridized carbons (Fsp3) is 0.267. The van der Waals surface area contributed by atoms with Crippen LogP contribution >= 0.6 is 22.9 Å². The third-order valence-electron chi connectivity index (χ3n) is 3.14. The second-order valence-electron chi connectivity index (χ2n) is 4.47. The molecular formula is C15H17ClN2O2S. The van der Waals surface area contributed by atoms with Crippen molar-refractivity contribution >= 4 is 34.5 Å². The zero-order chi connectivity index (χ0) is 15.4. The molecule has 1 amide bonds. The Kier molecular flexibility index (Phi) is 5.09. The Morgan fingerprint density at radius 2 is 2.24 bits per heavy atom. The molecule has 1 aromatic carbocycles. The number of nitrogen functional groups attached to an aromatic ring is 1. The first-order valence-corrected chi connectivity index (χ1v) is 7.77. The van der Waals surface area contributed by atoms with Gasteiger partial charge in [0.25, 0.3) is 5.91 Å². The highest BCUT2D eigenvalue weighted by Crippen LogP contribution is 2.30. The molecule has 2 aromatic rings. The van der Waals surface area contributed by atoms with E-state index in [-0.39, 0.29) is 5.91 Å². The van der Waals surface area contributed by atoms with Crippen molar-refractivity contribution in [2.24, 2.45) is 0 Å². The number of carbonyl (C=O) groups is 1. The van der Waals surface area contributed by atoms with Gasteiger partial charge in [0.2, 0.25) is 0 Å². The van der Waals surface area contributed by atoms with Crippen LogP contribution in [0.2, 0.25) is 5.02 Å². The highest BCUT2D eigenvalue weighted by atomic mass is 35.5. The van der Waals surface area contributed by atoms with E-state index in [4.69, 9.17) is 22.1 Å². The van der Waals surface area contributed by atoms with Crippen molar-refractivity contribution < 1.29 is 9.53 Å². The minimum Gasteiger partial charge on any atom is -0.496 e. The van der Waals surface area contributed by atoms with Gasteiger partial charge in [-0.1, -0.05) is 17.7 Å². The van der Waals surface area contributed by atoms with Gasteiger partial charge in [0.05, 0.1) is 29.9 Å². The van der Waals surface area contributed by atoms with Crippen LogP contribution in [0.25, 0.3) is 0 Å². The summed E-state index contributed by atoms with van der Waals surface area (Å²) in [6.07, 6.45) is 0. The van der Waals surface area contributed by atoms with Crippen LogP contribution in [0.3, 0.4) is 0 Å². The summed E-state index contributed by atoms with van der Waals surface area (Å²) in [5, 5.41) is 2.35. The molecule has 0 radical (unpaired) electrons. The summed E-state index contributed by atoms with van der Waals surface area (Å²) in [5.41, 5.74) is 6.57. The average Bonchev–Trinajstić information content (AvgIpc) is 2.99. The molecule has 0 fully saturated rings. The van der Waals surface area contributed by atoms with Crippen LogP contribution in [0.1, 0.15) is 22.2 Å². The first-order chi connectivity index (χ1) is 10.1. The quantitative estimate of drug-likeness (QED) is 0.854. The fourth-order valence-electron chi connectivity index (χ4n) is 1.99. The number of thiophene rings is 1. The Labute approximate surface area is 133 Å². The van der Waals surface area contributed by atoms with Gasteiger partial charge in [0.1, 0.15) is 5.75 Å². The second kappa shape index (κ2) is 6.83. The number of nitrogens with zero attached hydrogens (tertiary/aromatic N) is 1. The van der Waals surface area contributed by atoms with Crippen molar-refractivity contribution in [3.8, 4) is 5.75 Å². The predicted molar refractivity (Wildman–Crippen MR) is 87.1 cm³/mol. The Morgan fingerprint density at radius 3 is 2.81 bits per heavy atom. The topological polar surface area (TPSA) is 55.6 Å². The van der Waals surface area contributed by atoms with Gasteiger partial charge < -0.3 is 15.4 Å². The van der Waals surface area contributed by atoms with Crippen molar-refractivity contribution in [3.05, 3.63) is 45.1 Å². The highest BCUT2D eigenvalue weighted by molar-refractivity contribution is 7.09. The van der Waals surface area contributed by atoms with Crippen LogP contribution in [0.15, 0.2) is 29.6 Å². The summed E-state index contributed by atoms with van der Waals surface area (Å²) in [4.78, 5) is 15.6. The SMILES string of the molecule is CCN(Cc1cccs1)C(=O)c1cc(Cl)c(N)cc1OC. The third kappa shape index (κ3) is 3.49. The molecule has 6 heteroatoms. The lowest BCUT2D eigenvalue weighted by atomic mass is 10.1. The van der Waals surface area contributed by atoms with E-state index in [2.05, 4.69) is 0 Å². The lowest BCUT2D eigenvalue weighted by Crippen LogP contribution is -2.30. The van der Waals surface area contributed by atoms with E-state index in [1.165, 1.54) is 7.11 Å².